The normalized spacial score (nSPS) is 16.6. The van der Waals surface area contributed by atoms with E-state index in [1.54, 1.807) is 24.3 Å². The first-order chi connectivity index (χ1) is 9.65. The maximum atomic E-state index is 11.8. The predicted molar refractivity (Wildman–Crippen MR) is 76.0 cm³/mol. The van der Waals surface area contributed by atoms with Gasteiger partial charge >= 0.3 is 0 Å². The number of rotatable bonds is 4. The highest BCUT2D eigenvalue weighted by molar-refractivity contribution is 5.96. The number of piperazine rings is 1. The fourth-order valence-electron chi connectivity index (χ4n) is 1.99. The largest absolute Gasteiger partial charge is 0.343 e. The Morgan fingerprint density at radius 2 is 1.75 bits per heavy atom. The number of benzene rings is 1. The molecule has 6 nitrogen and oxygen atoms in total. The van der Waals surface area contributed by atoms with Crippen LogP contribution in [0.15, 0.2) is 30.3 Å². The van der Waals surface area contributed by atoms with Crippen molar-refractivity contribution in [3.63, 3.8) is 0 Å². The molecule has 0 bridgehead atoms. The molecule has 0 spiro atoms. The number of likely N-dealkylation sites (N-methyl/N-ethyl adjacent to an activating group) is 1. The van der Waals surface area contributed by atoms with E-state index in [4.69, 9.17) is 0 Å². The van der Waals surface area contributed by atoms with Crippen molar-refractivity contribution in [1.82, 2.24) is 20.7 Å². The number of amides is 2. The van der Waals surface area contributed by atoms with Crippen LogP contribution in [0.4, 0.5) is 0 Å². The highest BCUT2D eigenvalue weighted by Crippen LogP contribution is 1.97. The van der Waals surface area contributed by atoms with Crippen LogP contribution in [0.2, 0.25) is 0 Å². The zero-order chi connectivity index (χ0) is 14.4. The van der Waals surface area contributed by atoms with Crippen LogP contribution in [-0.2, 0) is 4.79 Å². The lowest BCUT2D eigenvalue weighted by atomic mass is 10.2. The van der Waals surface area contributed by atoms with E-state index in [2.05, 4.69) is 22.7 Å². The zero-order valence-corrected chi connectivity index (χ0v) is 11.6. The van der Waals surface area contributed by atoms with Crippen LogP contribution >= 0.6 is 0 Å². The van der Waals surface area contributed by atoms with Gasteiger partial charge in [-0.15, -0.1) is 0 Å². The van der Waals surface area contributed by atoms with E-state index in [1.165, 1.54) is 0 Å². The van der Waals surface area contributed by atoms with Gasteiger partial charge in [-0.25, -0.2) is 5.01 Å². The Balaban J connectivity index is 1.71. The van der Waals surface area contributed by atoms with Crippen molar-refractivity contribution >= 4 is 11.8 Å². The molecule has 0 saturated carbocycles. The molecule has 6 heteroatoms. The minimum atomic E-state index is -0.237. The lowest BCUT2D eigenvalue weighted by Crippen LogP contribution is -2.54. The standard InChI is InChI=1S/C14H20N4O2/c1-17-7-9-18(10-8-17)16-13(19)11-15-14(20)12-5-3-2-4-6-12/h2-6H,7-11H2,1H3,(H,15,20)(H,16,19). The van der Waals surface area contributed by atoms with Gasteiger partial charge in [-0.2, -0.15) is 0 Å². The molecule has 1 aromatic rings. The lowest BCUT2D eigenvalue weighted by Gasteiger charge is -2.32. The highest BCUT2D eigenvalue weighted by Gasteiger charge is 2.16. The summed E-state index contributed by atoms with van der Waals surface area (Å²) < 4.78 is 0. The Bertz CT molecular complexity index is 456. The number of nitrogens with zero attached hydrogens (tertiary/aromatic N) is 2. The van der Waals surface area contributed by atoms with E-state index in [0.29, 0.717) is 5.56 Å². The van der Waals surface area contributed by atoms with E-state index in [9.17, 15) is 9.59 Å². The smallest absolute Gasteiger partial charge is 0.253 e. The van der Waals surface area contributed by atoms with Crippen molar-refractivity contribution in [2.24, 2.45) is 0 Å². The highest BCUT2D eigenvalue weighted by atomic mass is 16.2. The van der Waals surface area contributed by atoms with Crippen LogP contribution in [0.1, 0.15) is 10.4 Å². The summed E-state index contributed by atoms with van der Waals surface area (Å²) in [6.45, 7) is 3.44. The first-order valence-corrected chi connectivity index (χ1v) is 6.71. The zero-order valence-electron chi connectivity index (χ0n) is 11.6. The molecule has 1 heterocycles. The summed E-state index contributed by atoms with van der Waals surface area (Å²) in [6.07, 6.45) is 0. The Labute approximate surface area is 118 Å². The average Bonchev–Trinajstić information content (AvgIpc) is 2.48. The van der Waals surface area contributed by atoms with Crippen molar-refractivity contribution < 1.29 is 9.59 Å². The molecule has 0 atom stereocenters. The van der Waals surface area contributed by atoms with Gasteiger partial charge in [0.2, 0.25) is 0 Å². The second kappa shape index (κ2) is 7.02. The Morgan fingerprint density at radius 1 is 1.10 bits per heavy atom. The van der Waals surface area contributed by atoms with Gasteiger partial charge in [0, 0.05) is 31.7 Å². The molecular weight excluding hydrogens is 256 g/mol. The van der Waals surface area contributed by atoms with Gasteiger partial charge in [0.05, 0.1) is 6.54 Å². The molecule has 1 aliphatic rings. The number of hydrogen-bond acceptors (Lipinski definition) is 4. The molecule has 108 valence electrons. The van der Waals surface area contributed by atoms with Crippen LogP contribution < -0.4 is 10.7 Å². The summed E-state index contributed by atoms with van der Waals surface area (Å²) >= 11 is 0. The first kappa shape index (κ1) is 14.5. The second-order valence-electron chi connectivity index (χ2n) is 4.87. The monoisotopic (exact) mass is 276 g/mol. The predicted octanol–water partition coefficient (Wildman–Crippen LogP) is -0.305. The van der Waals surface area contributed by atoms with Crippen molar-refractivity contribution in [1.29, 1.82) is 0 Å². The van der Waals surface area contributed by atoms with Crippen molar-refractivity contribution in [3.05, 3.63) is 35.9 Å². The lowest BCUT2D eigenvalue weighted by molar-refractivity contribution is -0.125. The molecular formula is C14H20N4O2. The molecule has 2 N–H and O–H groups in total. The number of hydrogen-bond donors (Lipinski definition) is 2. The third-order valence-electron chi connectivity index (χ3n) is 3.23. The fourth-order valence-corrected chi connectivity index (χ4v) is 1.99. The number of carbonyl (C=O) groups is 2. The first-order valence-electron chi connectivity index (χ1n) is 6.71. The van der Waals surface area contributed by atoms with Crippen LogP contribution in [0.3, 0.4) is 0 Å². The maximum Gasteiger partial charge on any atom is 0.253 e. The SMILES string of the molecule is CN1CCN(NC(=O)CNC(=O)c2ccccc2)CC1. The Hall–Kier alpha value is -1.92. The number of hydrazine groups is 1. The molecule has 0 radical (unpaired) electrons. The van der Waals surface area contributed by atoms with Gasteiger partial charge in [-0.05, 0) is 19.2 Å². The van der Waals surface area contributed by atoms with E-state index < -0.39 is 0 Å². The van der Waals surface area contributed by atoms with Crippen molar-refractivity contribution in [2.45, 2.75) is 0 Å². The second-order valence-corrected chi connectivity index (χ2v) is 4.87. The van der Waals surface area contributed by atoms with Gasteiger partial charge in [0.1, 0.15) is 0 Å². The number of nitrogens with one attached hydrogen (secondary N) is 2. The van der Waals surface area contributed by atoms with E-state index in [1.807, 2.05) is 11.1 Å². The van der Waals surface area contributed by atoms with Gasteiger partial charge < -0.3 is 10.2 Å². The van der Waals surface area contributed by atoms with E-state index >= 15 is 0 Å². The van der Waals surface area contributed by atoms with Gasteiger partial charge in [0.25, 0.3) is 11.8 Å². The van der Waals surface area contributed by atoms with Gasteiger partial charge in [0.15, 0.2) is 0 Å². The van der Waals surface area contributed by atoms with Gasteiger partial charge in [-0.1, -0.05) is 18.2 Å². The molecule has 1 saturated heterocycles. The van der Waals surface area contributed by atoms with Crippen LogP contribution in [-0.4, -0.2) is 61.5 Å². The molecule has 20 heavy (non-hydrogen) atoms. The molecule has 0 aliphatic carbocycles. The summed E-state index contributed by atoms with van der Waals surface area (Å²) in [6, 6.07) is 8.86. The third kappa shape index (κ3) is 4.32. The maximum absolute atomic E-state index is 11.8. The van der Waals surface area contributed by atoms with E-state index in [0.717, 1.165) is 26.2 Å². The van der Waals surface area contributed by atoms with Crippen molar-refractivity contribution in [2.75, 3.05) is 39.8 Å². The minimum absolute atomic E-state index is 0.0138. The van der Waals surface area contributed by atoms with Crippen LogP contribution in [0, 0.1) is 0 Å². The molecule has 0 aromatic heterocycles. The Morgan fingerprint density at radius 3 is 2.40 bits per heavy atom. The molecule has 0 unspecified atom stereocenters. The molecule has 1 aromatic carbocycles. The number of carbonyl (C=O) groups excluding carboxylic acids is 2. The molecule has 2 rings (SSSR count). The van der Waals surface area contributed by atoms with Crippen LogP contribution in [0.5, 0.6) is 0 Å². The summed E-state index contributed by atoms with van der Waals surface area (Å²) in [4.78, 5) is 25.7. The average molecular weight is 276 g/mol. The summed E-state index contributed by atoms with van der Waals surface area (Å²) in [5, 5.41) is 4.49. The van der Waals surface area contributed by atoms with Crippen molar-refractivity contribution in [3.8, 4) is 0 Å². The molecule has 2 amide bonds. The summed E-state index contributed by atoms with van der Waals surface area (Å²) in [5.74, 6) is -0.432. The van der Waals surface area contributed by atoms with Crippen LogP contribution in [0.25, 0.3) is 0 Å². The molecule has 1 aliphatic heterocycles. The minimum Gasteiger partial charge on any atom is -0.343 e. The van der Waals surface area contributed by atoms with E-state index in [-0.39, 0.29) is 18.4 Å². The fraction of sp³-hybridized carbons (Fsp3) is 0.429. The summed E-state index contributed by atoms with van der Waals surface area (Å²) in [5.41, 5.74) is 3.35. The third-order valence-corrected chi connectivity index (χ3v) is 3.23. The molecule has 1 fully saturated rings. The quantitative estimate of drug-likeness (QED) is 0.792. The van der Waals surface area contributed by atoms with Gasteiger partial charge in [-0.3, -0.25) is 15.0 Å². The summed E-state index contributed by atoms with van der Waals surface area (Å²) in [7, 11) is 2.05. The Kier molecular flexibility index (Phi) is 5.09. The topological polar surface area (TPSA) is 64.7 Å².